The summed E-state index contributed by atoms with van der Waals surface area (Å²) in [7, 11) is 0. The predicted octanol–water partition coefficient (Wildman–Crippen LogP) is 5.79. The predicted molar refractivity (Wildman–Crippen MR) is 82.6 cm³/mol. The number of hydrogen-bond acceptors (Lipinski definition) is 1. The van der Waals surface area contributed by atoms with Crippen molar-refractivity contribution in [2.45, 2.75) is 32.6 Å². The molecule has 0 fully saturated rings. The van der Waals surface area contributed by atoms with Crippen LogP contribution >= 0.6 is 11.3 Å². The molecule has 0 unspecified atom stereocenters. The summed E-state index contributed by atoms with van der Waals surface area (Å²) in [6.07, 6.45) is 5.16. The van der Waals surface area contributed by atoms with Gasteiger partial charge in [-0.2, -0.15) is 0 Å². The van der Waals surface area contributed by atoms with Crippen LogP contribution in [0.4, 0.5) is 0 Å². The average molecular weight is 254 g/mol. The molecule has 0 N–H and O–H groups in total. The minimum Gasteiger partial charge on any atom is -0.135 e. The Kier molecular flexibility index (Phi) is 3.33. The Morgan fingerprint density at radius 1 is 0.889 bits per heavy atom. The van der Waals surface area contributed by atoms with Crippen molar-refractivity contribution in [3.8, 4) is 0 Å². The lowest BCUT2D eigenvalue weighted by Gasteiger charge is -2.01. The molecular weight excluding hydrogens is 236 g/mol. The maximum Gasteiger partial charge on any atom is 0.0355 e. The molecule has 0 saturated heterocycles. The molecule has 0 atom stereocenters. The quantitative estimate of drug-likeness (QED) is 0.517. The highest BCUT2D eigenvalue weighted by Gasteiger charge is 2.04. The third kappa shape index (κ3) is 2.15. The third-order valence-electron chi connectivity index (χ3n) is 3.51. The van der Waals surface area contributed by atoms with Crippen molar-refractivity contribution in [1.82, 2.24) is 0 Å². The molecule has 1 aromatic heterocycles. The van der Waals surface area contributed by atoms with Crippen LogP contribution in [0.25, 0.3) is 20.2 Å². The van der Waals surface area contributed by atoms with Crippen LogP contribution in [0.15, 0.2) is 42.5 Å². The SMILES string of the molecule is CCCCCc1ccc2sc3ccccc3c2c1. The summed E-state index contributed by atoms with van der Waals surface area (Å²) < 4.78 is 2.81. The van der Waals surface area contributed by atoms with E-state index in [1.165, 1.54) is 51.4 Å². The second-order valence-electron chi connectivity index (χ2n) is 4.89. The number of thiophene rings is 1. The van der Waals surface area contributed by atoms with Crippen molar-refractivity contribution in [3.63, 3.8) is 0 Å². The zero-order valence-electron chi connectivity index (χ0n) is 10.8. The minimum atomic E-state index is 1.22. The van der Waals surface area contributed by atoms with E-state index in [2.05, 4.69) is 49.4 Å². The highest BCUT2D eigenvalue weighted by Crippen LogP contribution is 2.34. The lowest BCUT2D eigenvalue weighted by Crippen LogP contribution is -1.84. The van der Waals surface area contributed by atoms with Crippen LogP contribution in [0.3, 0.4) is 0 Å². The highest BCUT2D eigenvalue weighted by atomic mass is 32.1. The van der Waals surface area contributed by atoms with Gasteiger partial charge in [-0.25, -0.2) is 0 Å². The molecule has 0 spiro atoms. The van der Waals surface area contributed by atoms with Crippen molar-refractivity contribution in [2.75, 3.05) is 0 Å². The van der Waals surface area contributed by atoms with Gasteiger partial charge in [-0.3, -0.25) is 0 Å². The largest absolute Gasteiger partial charge is 0.135 e. The van der Waals surface area contributed by atoms with Gasteiger partial charge in [0.05, 0.1) is 0 Å². The Hall–Kier alpha value is -1.34. The fourth-order valence-corrected chi connectivity index (χ4v) is 3.59. The van der Waals surface area contributed by atoms with Gasteiger partial charge in [-0.05, 0) is 36.6 Å². The lowest BCUT2D eigenvalue weighted by molar-refractivity contribution is 0.718. The van der Waals surface area contributed by atoms with Gasteiger partial charge in [0.15, 0.2) is 0 Å². The molecule has 3 rings (SSSR count). The van der Waals surface area contributed by atoms with Gasteiger partial charge < -0.3 is 0 Å². The Balaban J connectivity index is 2.02. The molecule has 0 aliphatic heterocycles. The molecule has 0 bridgehead atoms. The van der Waals surface area contributed by atoms with Crippen LogP contribution in [-0.4, -0.2) is 0 Å². The average Bonchev–Trinajstić information content (AvgIpc) is 2.77. The first-order valence-electron chi connectivity index (χ1n) is 6.78. The molecule has 0 aliphatic rings. The van der Waals surface area contributed by atoms with E-state index < -0.39 is 0 Å². The van der Waals surface area contributed by atoms with Gasteiger partial charge in [0.2, 0.25) is 0 Å². The molecule has 1 heterocycles. The molecule has 0 nitrogen and oxygen atoms in total. The number of rotatable bonds is 4. The van der Waals surface area contributed by atoms with Gasteiger partial charge in [-0.15, -0.1) is 11.3 Å². The van der Waals surface area contributed by atoms with Crippen LogP contribution in [0.5, 0.6) is 0 Å². The number of fused-ring (bicyclic) bond motifs is 3. The summed E-state index contributed by atoms with van der Waals surface area (Å²) in [5.74, 6) is 0. The molecule has 0 aliphatic carbocycles. The van der Waals surface area contributed by atoms with Gasteiger partial charge in [0.1, 0.15) is 0 Å². The fourth-order valence-electron chi connectivity index (χ4n) is 2.51. The molecule has 1 heteroatoms. The van der Waals surface area contributed by atoms with Crippen LogP contribution in [0.2, 0.25) is 0 Å². The molecule has 3 aromatic rings. The van der Waals surface area contributed by atoms with E-state index in [-0.39, 0.29) is 0 Å². The summed E-state index contributed by atoms with van der Waals surface area (Å²) in [5.41, 5.74) is 1.49. The maximum atomic E-state index is 2.39. The van der Waals surface area contributed by atoms with Crippen LogP contribution in [0, 0.1) is 0 Å². The zero-order chi connectivity index (χ0) is 12.4. The van der Waals surface area contributed by atoms with Crippen LogP contribution in [0.1, 0.15) is 31.7 Å². The van der Waals surface area contributed by atoms with E-state index in [1.54, 1.807) is 0 Å². The van der Waals surface area contributed by atoms with Gasteiger partial charge in [-0.1, -0.05) is 44.0 Å². The number of unbranched alkanes of at least 4 members (excludes halogenated alkanes) is 2. The Morgan fingerprint density at radius 3 is 2.61 bits per heavy atom. The highest BCUT2D eigenvalue weighted by molar-refractivity contribution is 7.25. The smallest absolute Gasteiger partial charge is 0.0355 e. The summed E-state index contributed by atoms with van der Waals surface area (Å²) in [6.45, 7) is 2.26. The van der Waals surface area contributed by atoms with E-state index in [9.17, 15) is 0 Å². The van der Waals surface area contributed by atoms with Crippen LogP contribution in [-0.2, 0) is 6.42 Å². The van der Waals surface area contributed by atoms with Crippen molar-refractivity contribution < 1.29 is 0 Å². The number of benzene rings is 2. The molecule has 92 valence electrons. The molecule has 0 radical (unpaired) electrons. The summed E-state index contributed by atoms with van der Waals surface area (Å²) in [6, 6.07) is 15.7. The van der Waals surface area contributed by atoms with Crippen LogP contribution < -0.4 is 0 Å². The minimum absolute atomic E-state index is 1.22. The monoisotopic (exact) mass is 254 g/mol. The summed E-state index contributed by atoms with van der Waals surface area (Å²) in [5, 5.41) is 2.85. The third-order valence-corrected chi connectivity index (χ3v) is 4.66. The van der Waals surface area contributed by atoms with E-state index in [4.69, 9.17) is 0 Å². The van der Waals surface area contributed by atoms with Crippen molar-refractivity contribution in [3.05, 3.63) is 48.0 Å². The Labute approximate surface area is 112 Å². The first-order valence-corrected chi connectivity index (χ1v) is 7.60. The van der Waals surface area contributed by atoms with Gasteiger partial charge in [0, 0.05) is 20.2 Å². The number of hydrogen-bond donors (Lipinski definition) is 0. The second-order valence-corrected chi connectivity index (χ2v) is 5.97. The molecule has 0 amide bonds. The maximum absolute atomic E-state index is 2.39. The first kappa shape index (κ1) is 11.7. The lowest BCUT2D eigenvalue weighted by atomic mass is 10.0. The van der Waals surface area contributed by atoms with Gasteiger partial charge in [0.25, 0.3) is 0 Å². The number of aryl methyl sites for hydroxylation is 1. The summed E-state index contributed by atoms with van der Waals surface area (Å²) in [4.78, 5) is 0. The topological polar surface area (TPSA) is 0 Å². The fraction of sp³-hybridized carbons (Fsp3) is 0.294. The summed E-state index contributed by atoms with van der Waals surface area (Å²) >= 11 is 1.90. The second kappa shape index (κ2) is 5.11. The van der Waals surface area contributed by atoms with E-state index >= 15 is 0 Å². The van der Waals surface area contributed by atoms with Crippen molar-refractivity contribution in [2.24, 2.45) is 0 Å². The Bertz CT molecular complexity index is 663. The molecular formula is C17H18S. The van der Waals surface area contributed by atoms with Gasteiger partial charge >= 0.3 is 0 Å². The zero-order valence-corrected chi connectivity index (χ0v) is 11.6. The van der Waals surface area contributed by atoms with E-state index in [0.717, 1.165) is 0 Å². The first-order chi connectivity index (χ1) is 8.88. The Morgan fingerprint density at radius 2 is 1.72 bits per heavy atom. The van der Waals surface area contributed by atoms with E-state index in [1.807, 2.05) is 11.3 Å². The standard InChI is InChI=1S/C17H18S/c1-2-3-4-7-13-10-11-17-15(12-13)14-8-5-6-9-16(14)18-17/h5-6,8-12H,2-4,7H2,1H3. The van der Waals surface area contributed by atoms with Crippen molar-refractivity contribution in [1.29, 1.82) is 0 Å². The van der Waals surface area contributed by atoms with E-state index in [0.29, 0.717) is 0 Å². The molecule has 2 aromatic carbocycles. The molecule has 18 heavy (non-hydrogen) atoms. The normalized spacial score (nSPS) is 11.4. The van der Waals surface area contributed by atoms with Crippen molar-refractivity contribution >= 4 is 31.5 Å². The molecule has 0 saturated carbocycles.